The van der Waals surface area contributed by atoms with Crippen molar-refractivity contribution < 1.29 is 4.79 Å². The van der Waals surface area contributed by atoms with Gasteiger partial charge in [0, 0.05) is 19.6 Å². The van der Waals surface area contributed by atoms with Gasteiger partial charge in [-0.05, 0) is 38.1 Å². The first kappa shape index (κ1) is 16.4. The van der Waals surface area contributed by atoms with E-state index in [2.05, 4.69) is 31.0 Å². The third-order valence-corrected chi connectivity index (χ3v) is 3.83. The molecule has 0 aliphatic carbocycles. The Labute approximate surface area is 118 Å². The molecule has 0 aromatic carbocycles. The van der Waals surface area contributed by atoms with Crippen LogP contribution in [0.15, 0.2) is 0 Å². The molecule has 1 rings (SSSR count). The molecule has 0 aromatic rings. The summed E-state index contributed by atoms with van der Waals surface area (Å²) in [7, 11) is 0. The zero-order chi connectivity index (χ0) is 14.5. The molecule has 1 fully saturated rings. The maximum absolute atomic E-state index is 12.0. The van der Waals surface area contributed by atoms with Crippen LogP contribution in [0.1, 0.15) is 47.0 Å². The van der Waals surface area contributed by atoms with Crippen LogP contribution in [-0.2, 0) is 4.79 Å². The standard InChI is InChI=1S/C15H31N3O/c1-5-7-15(4,16)14(19)17-9-13-6-8-18(11-13)10-12(2)3/h12-13H,5-11,16H2,1-4H3,(H,17,19). The van der Waals surface area contributed by atoms with Crippen molar-refractivity contribution in [3.8, 4) is 0 Å². The molecule has 19 heavy (non-hydrogen) atoms. The van der Waals surface area contributed by atoms with Crippen molar-refractivity contribution in [2.75, 3.05) is 26.2 Å². The Morgan fingerprint density at radius 2 is 2.21 bits per heavy atom. The smallest absolute Gasteiger partial charge is 0.239 e. The zero-order valence-electron chi connectivity index (χ0n) is 13.0. The predicted molar refractivity (Wildman–Crippen MR) is 79.9 cm³/mol. The van der Waals surface area contributed by atoms with E-state index in [1.54, 1.807) is 0 Å². The summed E-state index contributed by atoms with van der Waals surface area (Å²) >= 11 is 0. The topological polar surface area (TPSA) is 58.4 Å². The summed E-state index contributed by atoms with van der Waals surface area (Å²) in [6.07, 6.45) is 2.86. The third kappa shape index (κ3) is 5.49. The van der Waals surface area contributed by atoms with Gasteiger partial charge in [0.25, 0.3) is 0 Å². The van der Waals surface area contributed by atoms with Crippen molar-refractivity contribution in [3.63, 3.8) is 0 Å². The molecule has 1 amide bonds. The number of hydrogen-bond acceptors (Lipinski definition) is 3. The summed E-state index contributed by atoms with van der Waals surface area (Å²) in [5.41, 5.74) is 5.31. The minimum Gasteiger partial charge on any atom is -0.354 e. The van der Waals surface area contributed by atoms with E-state index in [1.165, 1.54) is 6.42 Å². The quantitative estimate of drug-likeness (QED) is 0.738. The minimum absolute atomic E-state index is 0.00309. The number of amides is 1. The Morgan fingerprint density at radius 1 is 1.53 bits per heavy atom. The largest absolute Gasteiger partial charge is 0.354 e. The summed E-state index contributed by atoms with van der Waals surface area (Å²) in [6.45, 7) is 12.6. The molecule has 0 saturated carbocycles. The highest BCUT2D eigenvalue weighted by Gasteiger charge is 2.29. The van der Waals surface area contributed by atoms with Crippen LogP contribution in [0.5, 0.6) is 0 Å². The average Bonchev–Trinajstić information content (AvgIpc) is 2.72. The molecule has 4 heteroatoms. The predicted octanol–water partition coefficient (Wildman–Crippen LogP) is 1.60. The Hall–Kier alpha value is -0.610. The van der Waals surface area contributed by atoms with Gasteiger partial charge in [-0.25, -0.2) is 0 Å². The van der Waals surface area contributed by atoms with E-state index < -0.39 is 5.54 Å². The van der Waals surface area contributed by atoms with Gasteiger partial charge >= 0.3 is 0 Å². The summed E-state index contributed by atoms with van der Waals surface area (Å²) in [6, 6.07) is 0. The molecule has 1 aliphatic heterocycles. The number of likely N-dealkylation sites (tertiary alicyclic amines) is 1. The van der Waals surface area contributed by atoms with Crippen molar-refractivity contribution in [2.45, 2.75) is 52.5 Å². The van der Waals surface area contributed by atoms with E-state index in [0.717, 1.165) is 39.0 Å². The lowest BCUT2D eigenvalue weighted by atomic mass is 9.96. The number of nitrogens with zero attached hydrogens (tertiary/aromatic N) is 1. The lowest BCUT2D eigenvalue weighted by Crippen LogP contribution is -2.52. The highest BCUT2D eigenvalue weighted by Crippen LogP contribution is 2.17. The van der Waals surface area contributed by atoms with Crippen molar-refractivity contribution in [3.05, 3.63) is 0 Å². The molecule has 4 nitrogen and oxygen atoms in total. The highest BCUT2D eigenvalue weighted by molar-refractivity contribution is 5.85. The Bertz CT molecular complexity index is 289. The van der Waals surface area contributed by atoms with E-state index in [-0.39, 0.29) is 5.91 Å². The van der Waals surface area contributed by atoms with Crippen LogP contribution < -0.4 is 11.1 Å². The second-order valence-electron chi connectivity index (χ2n) is 6.69. The van der Waals surface area contributed by atoms with E-state index in [9.17, 15) is 4.79 Å². The summed E-state index contributed by atoms with van der Waals surface area (Å²) in [5.74, 6) is 1.29. The SMILES string of the molecule is CCCC(C)(N)C(=O)NCC1CCN(CC(C)C)C1. The van der Waals surface area contributed by atoms with Crippen molar-refractivity contribution >= 4 is 5.91 Å². The fourth-order valence-corrected chi connectivity index (χ4v) is 2.83. The molecule has 0 radical (unpaired) electrons. The summed E-state index contributed by atoms with van der Waals surface area (Å²) in [5, 5.41) is 3.03. The second kappa shape index (κ2) is 7.25. The maximum atomic E-state index is 12.0. The van der Waals surface area contributed by atoms with Gasteiger partial charge in [-0.1, -0.05) is 27.2 Å². The third-order valence-electron chi connectivity index (χ3n) is 3.83. The number of carbonyl (C=O) groups is 1. The van der Waals surface area contributed by atoms with Crippen LogP contribution in [0.3, 0.4) is 0 Å². The lowest BCUT2D eigenvalue weighted by molar-refractivity contribution is -0.126. The molecule has 0 spiro atoms. The van der Waals surface area contributed by atoms with Gasteiger partial charge in [-0.15, -0.1) is 0 Å². The normalized spacial score (nSPS) is 23.6. The van der Waals surface area contributed by atoms with E-state index in [4.69, 9.17) is 5.73 Å². The summed E-state index contributed by atoms with van der Waals surface area (Å²) < 4.78 is 0. The number of carbonyl (C=O) groups excluding carboxylic acids is 1. The van der Waals surface area contributed by atoms with Crippen LogP contribution in [0.4, 0.5) is 0 Å². The second-order valence-corrected chi connectivity index (χ2v) is 6.69. The van der Waals surface area contributed by atoms with Crippen molar-refractivity contribution in [1.82, 2.24) is 10.2 Å². The molecule has 1 saturated heterocycles. The van der Waals surface area contributed by atoms with Crippen LogP contribution in [0.2, 0.25) is 0 Å². The summed E-state index contributed by atoms with van der Waals surface area (Å²) in [4.78, 5) is 14.5. The molecule has 2 unspecified atom stereocenters. The van der Waals surface area contributed by atoms with Gasteiger partial charge in [0.05, 0.1) is 5.54 Å². The Morgan fingerprint density at radius 3 is 2.79 bits per heavy atom. The number of rotatable bonds is 7. The number of nitrogens with one attached hydrogen (secondary N) is 1. The number of hydrogen-bond donors (Lipinski definition) is 2. The van der Waals surface area contributed by atoms with Crippen LogP contribution in [-0.4, -0.2) is 42.5 Å². The zero-order valence-corrected chi connectivity index (χ0v) is 13.0. The highest BCUT2D eigenvalue weighted by atomic mass is 16.2. The van der Waals surface area contributed by atoms with Gasteiger partial charge in [-0.3, -0.25) is 4.79 Å². The molecular weight excluding hydrogens is 238 g/mol. The Kier molecular flexibility index (Phi) is 6.27. The van der Waals surface area contributed by atoms with Crippen LogP contribution >= 0.6 is 0 Å². The van der Waals surface area contributed by atoms with Gasteiger partial charge < -0.3 is 16.0 Å². The lowest BCUT2D eigenvalue weighted by Gasteiger charge is -2.24. The number of nitrogens with two attached hydrogens (primary N) is 1. The van der Waals surface area contributed by atoms with Crippen molar-refractivity contribution in [1.29, 1.82) is 0 Å². The molecule has 1 aliphatic rings. The van der Waals surface area contributed by atoms with E-state index in [0.29, 0.717) is 11.8 Å². The first-order chi connectivity index (χ1) is 8.85. The van der Waals surface area contributed by atoms with Crippen LogP contribution in [0, 0.1) is 11.8 Å². The van der Waals surface area contributed by atoms with Gasteiger partial charge in [-0.2, -0.15) is 0 Å². The average molecular weight is 269 g/mol. The minimum atomic E-state index is -0.717. The first-order valence-electron chi connectivity index (χ1n) is 7.64. The van der Waals surface area contributed by atoms with Gasteiger partial charge in [0.2, 0.25) is 5.91 Å². The van der Waals surface area contributed by atoms with Gasteiger partial charge in [0.15, 0.2) is 0 Å². The monoisotopic (exact) mass is 269 g/mol. The van der Waals surface area contributed by atoms with Gasteiger partial charge in [0.1, 0.15) is 0 Å². The Balaban J connectivity index is 2.28. The van der Waals surface area contributed by atoms with E-state index in [1.807, 2.05) is 6.92 Å². The van der Waals surface area contributed by atoms with Crippen molar-refractivity contribution in [2.24, 2.45) is 17.6 Å². The molecule has 1 heterocycles. The fourth-order valence-electron chi connectivity index (χ4n) is 2.83. The molecular formula is C15H31N3O. The molecule has 3 N–H and O–H groups in total. The van der Waals surface area contributed by atoms with Crippen LogP contribution in [0.25, 0.3) is 0 Å². The maximum Gasteiger partial charge on any atom is 0.239 e. The molecule has 0 aromatic heterocycles. The first-order valence-corrected chi connectivity index (χ1v) is 7.64. The molecule has 2 atom stereocenters. The molecule has 112 valence electrons. The molecule has 0 bridgehead atoms. The van der Waals surface area contributed by atoms with E-state index >= 15 is 0 Å². The fraction of sp³-hybridized carbons (Fsp3) is 0.933.